The summed E-state index contributed by atoms with van der Waals surface area (Å²) in [4.78, 5) is 27.1. The summed E-state index contributed by atoms with van der Waals surface area (Å²) in [5.74, 6) is -0.0652. The zero-order chi connectivity index (χ0) is 21.4. The summed E-state index contributed by atoms with van der Waals surface area (Å²) in [7, 11) is 0. The molecule has 29 heavy (non-hydrogen) atoms. The van der Waals surface area contributed by atoms with Crippen molar-refractivity contribution in [1.82, 2.24) is 10.2 Å². The largest absolute Gasteiger partial charge is 0.482 e. The van der Waals surface area contributed by atoms with Crippen LogP contribution in [0.4, 0.5) is 0 Å². The summed E-state index contributed by atoms with van der Waals surface area (Å²) in [5.41, 5.74) is 0.936. The Morgan fingerprint density at radius 3 is 2.48 bits per heavy atom. The molecule has 2 unspecified atom stereocenters. The number of ether oxygens (including phenoxy) is 1. The number of carbonyl (C=O) groups excluding carboxylic acids is 2. The summed E-state index contributed by atoms with van der Waals surface area (Å²) in [6, 6.07) is 14.1. The van der Waals surface area contributed by atoms with E-state index >= 15 is 0 Å². The van der Waals surface area contributed by atoms with Crippen molar-refractivity contribution < 1.29 is 14.3 Å². The lowest BCUT2D eigenvalue weighted by molar-refractivity contribution is -0.142. The molecule has 0 aromatic heterocycles. The number of hydrogen-bond donors (Lipinski definition) is 1. The van der Waals surface area contributed by atoms with E-state index in [0.29, 0.717) is 17.3 Å². The Kier molecular flexibility index (Phi) is 8.99. The monoisotopic (exact) mass is 480 g/mol. The molecule has 156 valence electrons. The van der Waals surface area contributed by atoms with E-state index in [-0.39, 0.29) is 24.5 Å². The minimum Gasteiger partial charge on any atom is -0.482 e. The predicted molar refractivity (Wildman–Crippen MR) is 119 cm³/mol. The molecule has 0 heterocycles. The Bertz CT molecular complexity index is 832. The van der Waals surface area contributed by atoms with E-state index in [1.807, 2.05) is 44.2 Å². The number of hydrogen-bond acceptors (Lipinski definition) is 3. The molecule has 0 aliphatic rings. The molecular formula is C22H26BrClN2O3. The predicted octanol–water partition coefficient (Wildman–Crippen LogP) is 4.81. The third-order valence-electron chi connectivity index (χ3n) is 4.61. The highest BCUT2D eigenvalue weighted by molar-refractivity contribution is 9.10. The summed E-state index contributed by atoms with van der Waals surface area (Å²) >= 11 is 9.50. The zero-order valence-electron chi connectivity index (χ0n) is 16.8. The number of rotatable bonds is 9. The number of nitrogens with zero attached hydrogens (tertiary/aromatic N) is 1. The van der Waals surface area contributed by atoms with Crippen molar-refractivity contribution in [1.29, 1.82) is 0 Å². The molecule has 7 heteroatoms. The van der Waals surface area contributed by atoms with Crippen LogP contribution >= 0.6 is 27.5 Å². The topological polar surface area (TPSA) is 58.6 Å². The molecule has 0 spiro atoms. The second-order valence-electron chi connectivity index (χ2n) is 6.86. The molecular weight excluding hydrogens is 456 g/mol. The molecule has 2 atom stereocenters. The van der Waals surface area contributed by atoms with E-state index in [2.05, 4.69) is 21.2 Å². The number of carbonyl (C=O) groups is 2. The number of halogens is 2. The van der Waals surface area contributed by atoms with Gasteiger partial charge in [-0.2, -0.15) is 0 Å². The summed E-state index contributed by atoms with van der Waals surface area (Å²) in [5, 5.41) is 3.35. The quantitative estimate of drug-likeness (QED) is 0.559. The van der Waals surface area contributed by atoms with E-state index in [0.717, 1.165) is 16.5 Å². The highest BCUT2D eigenvalue weighted by Crippen LogP contribution is 2.27. The van der Waals surface area contributed by atoms with Crippen LogP contribution in [-0.4, -0.2) is 35.4 Å². The second kappa shape index (κ2) is 11.2. The van der Waals surface area contributed by atoms with Gasteiger partial charge in [0.05, 0.1) is 5.02 Å². The first-order valence-electron chi connectivity index (χ1n) is 9.53. The smallest absolute Gasteiger partial charge is 0.261 e. The fourth-order valence-corrected chi connectivity index (χ4v) is 3.37. The number of benzene rings is 2. The van der Waals surface area contributed by atoms with E-state index in [4.69, 9.17) is 16.3 Å². The Hall–Kier alpha value is -2.05. The van der Waals surface area contributed by atoms with E-state index in [9.17, 15) is 9.59 Å². The highest BCUT2D eigenvalue weighted by Gasteiger charge is 2.27. The molecule has 0 saturated heterocycles. The third kappa shape index (κ3) is 7.05. The molecule has 2 amide bonds. The fraction of sp³-hybridized carbons (Fsp3) is 0.364. The molecule has 0 fully saturated rings. The highest BCUT2D eigenvalue weighted by atomic mass is 79.9. The van der Waals surface area contributed by atoms with Crippen LogP contribution < -0.4 is 10.1 Å². The molecule has 0 radical (unpaired) electrons. The zero-order valence-corrected chi connectivity index (χ0v) is 19.2. The van der Waals surface area contributed by atoms with Gasteiger partial charge >= 0.3 is 0 Å². The third-order valence-corrected chi connectivity index (χ3v) is 5.40. The second-order valence-corrected chi connectivity index (χ2v) is 8.19. The minimum atomic E-state index is -0.638. The van der Waals surface area contributed by atoms with E-state index < -0.39 is 6.04 Å². The molecule has 2 rings (SSSR count). The van der Waals surface area contributed by atoms with Gasteiger partial charge in [-0.25, -0.2) is 0 Å². The standard InChI is InChI=1S/C22H26BrClN2O3/c1-4-15(2)25-22(28)16(3)26(13-17-8-6-5-7-9-17)21(27)14-29-20-11-10-18(23)12-19(20)24/h5-12,15-16H,4,13-14H2,1-3H3,(H,25,28). The van der Waals surface area contributed by atoms with Crippen molar-refractivity contribution in [3.05, 3.63) is 63.6 Å². The van der Waals surface area contributed by atoms with Crippen LogP contribution in [-0.2, 0) is 16.1 Å². The van der Waals surface area contributed by atoms with Crippen LogP contribution in [0.25, 0.3) is 0 Å². The first-order valence-corrected chi connectivity index (χ1v) is 10.7. The van der Waals surface area contributed by atoms with Crippen LogP contribution in [0.5, 0.6) is 5.75 Å². The van der Waals surface area contributed by atoms with Crippen LogP contribution in [0.1, 0.15) is 32.8 Å². The Labute approximate surface area is 185 Å². The maximum absolute atomic E-state index is 13.0. The number of amides is 2. The molecule has 0 aliphatic carbocycles. The van der Waals surface area contributed by atoms with Crippen molar-refractivity contribution in [2.45, 2.75) is 45.8 Å². The lowest BCUT2D eigenvalue weighted by Gasteiger charge is -2.29. The van der Waals surface area contributed by atoms with Gasteiger partial charge in [-0.15, -0.1) is 0 Å². The number of nitrogens with one attached hydrogen (secondary N) is 1. The van der Waals surface area contributed by atoms with Crippen molar-refractivity contribution in [2.75, 3.05) is 6.61 Å². The van der Waals surface area contributed by atoms with Gasteiger partial charge < -0.3 is 15.0 Å². The Morgan fingerprint density at radius 2 is 1.86 bits per heavy atom. The lowest BCUT2D eigenvalue weighted by atomic mass is 10.1. The summed E-state index contributed by atoms with van der Waals surface area (Å²) in [6.45, 7) is 5.76. The van der Waals surface area contributed by atoms with Gasteiger partial charge in [-0.1, -0.05) is 64.8 Å². The Morgan fingerprint density at radius 1 is 1.17 bits per heavy atom. The fourth-order valence-electron chi connectivity index (χ4n) is 2.64. The molecule has 2 aromatic rings. The van der Waals surface area contributed by atoms with Crippen molar-refractivity contribution >= 4 is 39.3 Å². The van der Waals surface area contributed by atoms with Gasteiger partial charge in [0.15, 0.2) is 6.61 Å². The van der Waals surface area contributed by atoms with Crippen LogP contribution in [0.2, 0.25) is 5.02 Å². The minimum absolute atomic E-state index is 0.0384. The van der Waals surface area contributed by atoms with Gasteiger partial charge in [0.1, 0.15) is 11.8 Å². The normalized spacial score (nSPS) is 12.7. The van der Waals surface area contributed by atoms with E-state index in [1.54, 1.807) is 25.1 Å². The summed E-state index contributed by atoms with van der Waals surface area (Å²) < 4.78 is 6.45. The van der Waals surface area contributed by atoms with Crippen LogP contribution in [0.3, 0.4) is 0 Å². The maximum atomic E-state index is 13.0. The molecule has 0 aliphatic heterocycles. The molecule has 1 N–H and O–H groups in total. The van der Waals surface area contributed by atoms with Gasteiger partial charge in [-0.3, -0.25) is 9.59 Å². The van der Waals surface area contributed by atoms with Gasteiger partial charge in [0.25, 0.3) is 5.91 Å². The van der Waals surface area contributed by atoms with E-state index in [1.165, 1.54) is 4.90 Å². The first kappa shape index (κ1) is 23.2. The lowest BCUT2D eigenvalue weighted by Crippen LogP contribution is -2.50. The van der Waals surface area contributed by atoms with Crippen molar-refractivity contribution in [3.8, 4) is 5.75 Å². The average molecular weight is 482 g/mol. The van der Waals surface area contributed by atoms with Crippen LogP contribution in [0, 0.1) is 0 Å². The van der Waals surface area contributed by atoms with Gasteiger partial charge in [0.2, 0.25) is 5.91 Å². The average Bonchev–Trinajstić information content (AvgIpc) is 2.71. The molecule has 0 bridgehead atoms. The van der Waals surface area contributed by atoms with Crippen molar-refractivity contribution in [2.24, 2.45) is 0 Å². The Balaban J connectivity index is 2.14. The summed E-state index contributed by atoms with van der Waals surface area (Å²) in [6.07, 6.45) is 0.816. The molecule has 2 aromatic carbocycles. The van der Waals surface area contributed by atoms with Gasteiger partial charge in [-0.05, 0) is 44.0 Å². The van der Waals surface area contributed by atoms with Gasteiger partial charge in [0, 0.05) is 17.1 Å². The molecule has 5 nitrogen and oxygen atoms in total. The van der Waals surface area contributed by atoms with Crippen molar-refractivity contribution in [3.63, 3.8) is 0 Å². The SMILES string of the molecule is CCC(C)NC(=O)C(C)N(Cc1ccccc1)C(=O)COc1ccc(Br)cc1Cl. The van der Waals surface area contributed by atoms with Crippen LogP contribution in [0.15, 0.2) is 53.0 Å². The first-order chi connectivity index (χ1) is 13.8. The molecule has 0 saturated carbocycles. The maximum Gasteiger partial charge on any atom is 0.261 e.